The highest BCUT2D eigenvalue weighted by molar-refractivity contribution is 5.87. The van der Waals surface area contributed by atoms with Crippen molar-refractivity contribution in [2.45, 2.75) is 32.7 Å². The standard InChI is InChI=1S/C14H18N2O/c1-8-4-5-11-12(7-16-13(11)6-8)9(2)14(15)10(3)17/h4-7,9,14,16H,15H2,1-3H3/t9-,14-/m0/s1. The highest BCUT2D eigenvalue weighted by Gasteiger charge is 2.21. The highest BCUT2D eigenvalue weighted by atomic mass is 16.1. The second-order valence-corrected chi connectivity index (χ2v) is 4.72. The molecule has 3 nitrogen and oxygen atoms in total. The fourth-order valence-corrected chi connectivity index (χ4v) is 2.18. The van der Waals surface area contributed by atoms with Crippen LogP contribution >= 0.6 is 0 Å². The first-order valence-electron chi connectivity index (χ1n) is 5.84. The SMILES string of the molecule is CC(=O)[C@@H](N)[C@@H](C)c1c[nH]c2cc(C)ccc12. The molecule has 0 aliphatic heterocycles. The zero-order valence-electron chi connectivity index (χ0n) is 10.4. The van der Waals surface area contributed by atoms with Crippen molar-refractivity contribution in [3.05, 3.63) is 35.5 Å². The fraction of sp³-hybridized carbons (Fsp3) is 0.357. The van der Waals surface area contributed by atoms with Crippen LogP contribution in [0, 0.1) is 6.92 Å². The van der Waals surface area contributed by atoms with E-state index in [0.717, 1.165) is 16.5 Å². The Balaban J connectivity index is 2.46. The third kappa shape index (κ3) is 2.11. The molecule has 1 aromatic carbocycles. The smallest absolute Gasteiger partial charge is 0.147 e. The molecule has 90 valence electrons. The molecule has 0 radical (unpaired) electrons. The van der Waals surface area contributed by atoms with Gasteiger partial charge in [0.15, 0.2) is 0 Å². The number of carbonyl (C=O) groups is 1. The van der Waals surface area contributed by atoms with E-state index in [2.05, 4.69) is 30.1 Å². The van der Waals surface area contributed by atoms with Gasteiger partial charge in [-0.05, 0) is 31.0 Å². The van der Waals surface area contributed by atoms with Crippen LogP contribution < -0.4 is 5.73 Å². The molecule has 0 amide bonds. The minimum absolute atomic E-state index is 0.0268. The number of H-pyrrole nitrogens is 1. The van der Waals surface area contributed by atoms with Crippen molar-refractivity contribution in [1.82, 2.24) is 4.98 Å². The molecule has 2 aromatic rings. The quantitative estimate of drug-likeness (QED) is 0.851. The van der Waals surface area contributed by atoms with Crippen LogP contribution in [0.1, 0.15) is 30.9 Å². The van der Waals surface area contributed by atoms with Gasteiger partial charge in [-0.1, -0.05) is 19.1 Å². The molecule has 0 bridgehead atoms. The molecule has 0 aliphatic carbocycles. The molecule has 0 fully saturated rings. The molecular formula is C14H18N2O. The Morgan fingerprint density at radius 1 is 1.41 bits per heavy atom. The first kappa shape index (κ1) is 11.9. The molecule has 0 unspecified atom stereocenters. The zero-order chi connectivity index (χ0) is 12.6. The number of hydrogen-bond donors (Lipinski definition) is 2. The Labute approximate surface area is 101 Å². The number of aryl methyl sites for hydroxylation is 1. The molecule has 0 spiro atoms. The lowest BCUT2D eigenvalue weighted by Crippen LogP contribution is -2.33. The van der Waals surface area contributed by atoms with Crippen molar-refractivity contribution in [2.75, 3.05) is 0 Å². The summed E-state index contributed by atoms with van der Waals surface area (Å²) in [6.45, 7) is 5.60. The van der Waals surface area contributed by atoms with E-state index in [0.29, 0.717) is 0 Å². The Hall–Kier alpha value is -1.61. The maximum atomic E-state index is 11.3. The number of hydrogen-bond acceptors (Lipinski definition) is 2. The molecular weight excluding hydrogens is 212 g/mol. The molecule has 2 rings (SSSR count). The number of Topliss-reactive ketones (excluding diaryl/α,β-unsaturated/α-hetero) is 1. The molecule has 0 saturated carbocycles. The molecule has 2 atom stereocenters. The van der Waals surface area contributed by atoms with E-state index in [-0.39, 0.29) is 11.7 Å². The number of rotatable bonds is 3. The van der Waals surface area contributed by atoms with Crippen LogP contribution in [0.2, 0.25) is 0 Å². The lowest BCUT2D eigenvalue weighted by Gasteiger charge is -2.16. The molecule has 1 aromatic heterocycles. The number of nitrogens with two attached hydrogens (primary N) is 1. The van der Waals surface area contributed by atoms with Crippen molar-refractivity contribution >= 4 is 16.7 Å². The van der Waals surface area contributed by atoms with Crippen LogP contribution in [-0.2, 0) is 4.79 Å². The summed E-state index contributed by atoms with van der Waals surface area (Å²) in [6.07, 6.45) is 1.96. The maximum absolute atomic E-state index is 11.3. The molecule has 3 heteroatoms. The molecule has 1 heterocycles. The Bertz CT molecular complexity index is 556. The predicted molar refractivity (Wildman–Crippen MR) is 70.1 cm³/mol. The third-order valence-electron chi connectivity index (χ3n) is 3.37. The number of aromatic nitrogens is 1. The van der Waals surface area contributed by atoms with Crippen molar-refractivity contribution in [3.8, 4) is 0 Å². The van der Waals surface area contributed by atoms with Gasteiger partial charge in [-0.3, -0.25) is 4.79 Å². The van der Waals surface area contributed by atoms with Crippen LogP contribution in [-0.4, -0.2) is 16.8 Å². The van der Waals surface area contributed by atoms with Gasteiger partial charge in [-0.2, -0.15) is 0 Å². The second kappa shape index (κ2) is 4.34. The number of fused-ring (bicyclic) bond motifs is 1. The lowest BCUT2D eigenvalue weighted by atomic mass is 9.91. The molecule has 0 saturated heterocycles. The fourth-order valence-electron chi connectivity index (χ4n) is 2.18. The number of carbonyl (C=O) groups excluding carboxylic acids is 1. The van der Waals surface area contributed by atoms with E-state index in [9.17, 15) is 4.79 Å². The summed E-state index contributed by atoms with van der Waals surface area (Å²) in [7, 11) is 0. The summed E-state index contributed by atoms with van der Waals surface area (Å²) < 4.78 is 0. The highest BCUT2D eigenvalue weighted by Crippen LogP contribution is 2.27. The maximum Gasteiger partial charge on any atom is 0.147 e. The first-order valence-corrected chi connectivity index (χ1v) is 5.84. The molecule has 0 aliphatic rings. The van der Waals surface area contributed by atoms with E-state index < -0.39 is 6.04 Å². The first-order chi connectivity index (χ1) is 8.00. The third-order valence-corrected chi connectivity index (χ3v) is 3.37. The number of ketones is 1. The van der Waals surface area contributed by atoms with Crippen LogP contribution in [0.5, 0.6) is 0 Å². The van der Waals surface area contributed by atoms with Gasteiger partial charge < -0.3 is 10.7 Å². The minimum atomic E-state index is -0.435. The monoisotopic (exact) mass is 230 g/mol. The van der Waals surface area contributed by atoms with E-state index in [4.69, 9.17) is 5.73 Å². The largest absolute Gasteiger partial charge is 0.361 e. The normalized spacial score (nSPS) is 14.8. The summed E-state index contributed by atoms with van der Waals surface area (Å²) in [5.41, 5.74) is 9.34. The molecule has 3 N–H and O–H groups in total. The van der Waals surface area contributed by atoms with E-state index in [1.165, 1.54) is 5.56 Å². The van der Waals surface area contributed by atoms with Gasteiger partial charge in [0.1, 0.15) is 5.78 Å². The van der Waals surface area contributed by atoms with Crippen molar-refractivity contribution in [1.29, 1.82) is 0 Å². The number of benzene rings is 1. The van der Waals surface area contributed by atoms with Crippen LogP contribution in [0.3, 0.4) is 0 Å². The van der Waals surface area contributed by atoms with E-state index >= 15 is 0 Å². The topological polar surface area (TPSA) is 58.9 Å². The number of nitrogens with one attached hydrogen (secondary N) is 1. The second-order valence-electron chi connectivity index (χ2n) is 4.72. The van der Waals surface area contributed by atoms with Gasteiger partial charge in [-0.15, -0.1) is 0 Å². The zero-order valence-corrected chi connectivity index (χ0v) is 10.4. The average molecular weight is 230 g/mol. The summed E-state index contributed by atoms with van der Waals surface area (Å²) in [4.78, 5) is 14.6. The Kier molecular flexibility index (Phi) is 3.03. The minimum Gasteiger partial charge on any atom is -0.361 e. The van der Waals surface area contributed by atoms with E-state index in [1.54, 1.807) is 6.92 Å². The van der Waals surface area contributed by atoms with Crippen molar-refractivity contribution < 1.29 is 4.79 Å². The molecule has 17 heavy (non-hydrogen) atoms. The van der Waals surface area contributed by atoms with Crippen LogP contribution in [0.15, 0.2) is 24.4 Å². The van der Waals surface area contributed by atoms with Gasteiger partial charge in [-0.25, -0.2) is 0 Å². The van der Waals surface area contributed by atoms with Crippen molar-refractivity contribution in [3.63, 3.8) is 0 Å². The summed E-state index contributed by atoms with van der Waals surface area (Å²) in [5.74, 6) is 0.0583. The lowest BCUT2D eigenvalue weighted by molar-refractivity contribution is -0.118. The van der Waals surface area contributed by atoms with Gasteiger partial charge in [0.05, 0.1) is 6.04 Å². The number of aromatic amines is 1. The van der Waals surface area contributed by atoms with Crippen molar-refractivity contribution in [2.24, 2.45) is 5.73 Å². The summed E-state index contributed by atoms with van der Waals surface area (Å²) in [5, 5.41) is 1.15. The average Bonchev–Trinajstić information content (AvgIpc) is 2.69. The van der Waals surface area contributed by atoms with Gasteiger partial charge in [0.25, 0.3) is 0 Å². The van der Waals surface area contributed by atoms with Crippen LogP contribution in [0.25, 0.3) is 10.9 Å². The van der Waals surface area contributed by atoms with Gasteiger partial charge in [0.2, 0.25) is 0 Å². The summed E-state index contributed by atoms with van der Waals surface area (Å²) in [6, 6.07) is 5.83. The Morgan fingerprint density at radius 3 is 2.76 bits per heavy atom. The van der Waals surface area contributed by atoms with E-state index in [1.807, 2.05) is 13.1 Å². The predicted octanol–water partition coefficient (Wildman–Crippen LogP) is 2.50. The Morgan fingerprint density at radius 2 is 2.12 bits per heavy atom. The summed E-state index contributed by atoms with van der Waals surface area (Å²) >= 11 is 0. The van der Waals surface area contributed by atoms with Gasteiger partial charge in [0, 0.05) is 23.0 Å². The van der Waals surface area contributed by atoms with Gasteiger partial charge >= 0.3 is 0 Å². The van der Waals surface area contributed by atoms with Crippen LogP contribution in [0.4, 0.5) is 0 Å².